The van der Waals surface area contributed by atoms with Crippen molar-refractivity contribution in [2.24, 2.45) is 10.8 Å². The van der Waals surface area contributed by atoms with Crippen LogP contribution in [0, 0.1) is 17.0 Å². The minimum atomic E-state index is -4.10. The minimum Gasteiger partial charge on any atom is -0.493 e. The normalized spacial score (nSPS) is 11.2. The highest BCUT2D eigenvalue weighted by Crippen LogP contribution is 2.27. The molecule has 0 atom stereocenters. The quantitative estimate of drug-likeness (QED) is 0.347. The van der Waals surface area contributed by atoms with Crippen LogP contribution < -0.4 is 20.0 Å². The van der Waals surface area contributed by atoms with Gasteiger partial charge in [-0.15, -0.1) is 0 Å². The van der Waals surface area contributed by atoms with Crippen LogP contribution in [0.15, 0.2) is 46.4 Å². The molecule has 29 heavy (non-hydrogen) atoms. The number of nitrogens with one attached hydrogen (secondary N) is 1. The number of hydrogen-bond donors (Lipinski definition) is 2. The second kappa shape index (κ2) is 9.01. The number of ether oxygens (including phenoxy) is 2. The number of carbonyl (C=O) groups excluding carboxylic acids is 1. The zero-order valence-electron chi connectivity index (χ0n) is 15.5. The Balaban J connectivity index is 2.17. The molecule has 0 radical (unpaired) electrons. The first-order valence-corrected chi connectivity index (χ1v) is 9.51. The number of methoxy groups -OCH3 is 1. The lowest BCUT2D eigenvalue weighted by Crippen LogP contribution is -2.20. The summed E-state index contributed by atoms with van der Waals surface area (Å²) in [5, 5.41) is 14.6. The predicted octanol–water partition coefficient (Wildman–Crippen LogP) is 1.09. The van der Waals surface area contributed by atoms with Gasteiger partial charge in [0.15, 0.2) is 18.1 Å². The zero-order valence-corrected chi connectivity index (χ0v) is 16.3. The van der Waals surface area contributed by atoms with Gasteiger partial charge in [-0.2, -0.15) is 13.5 Å². The number of sulfonamides is 1. The van der Waals surface area contributed by atoms with Crippen molar-refractivity contribution in [3.63, 3.8) is 0 Å². The van der Waals surface area contributed by atoms with Crippen LogP contribution in [0.4, 0.5) is 5.69 Å². The maximum Gasteiger partial charge on any atom is 0.276 e. The van der Waals surface area contributed by atoms with Crippen molar-refractivity contribution in [2.45, 2.75) is 11.8 Å². The SMILES string of the molecule is COc1cc(C=NNS(=O)(=O)c2ccc(C)c([N+](=O)[O-])c2)ccc1OCC(N)=O. The lowest BCUT2D eigenvalue weighted by Gasteiger charge is -2.09. The lowest BCUT2D eigenvalue weighted by atomic mass is 10.2. The van der Waals surface area contributed by atoms with E-state index in [1.54, 1.807) is 6.07 Å². The number of rotatable bonds is 9. The van der Waals surface area contributed by atoms with E-state index >= 15 is 0 Å². The van der Waals surface area contributed by atoms with E-state index in [2.05, 4.69) is 5.10 Å². The van der Waals surface area contributed by atoms with Gasteiger partial charge in [-0.3, -0.25) is 14.9 Å². The fraction of sp³-hybridized carbons (Fsp3) is 0.176. The molecule has 0 bridgehead atoms. The molecular formula is C17H18N4O7S. The Morgan fingerprint density at radius 1 is 1.28 bits per heavy atom. The fourth-order valence-corrected chi connectivity index (χ4v) is 3.02. The molecule has 0 saturated heterocycles. The second-order valence-corrected chi connectivity index (χ2v) is 7.38. The van der Waals surface area contributed by atoms with Gasteiger partial charge in [0.05, 0.1) is 23.1 Å². The topological polar surface area (TPSA) is 163 Å². The van der Waals surface area contributed by atoms with Crippen molar-refractivity contribution in [3.05, 3.63) is 57.6 Å². The van der Waals surface area contributed by atoms with E-state index in [1.165, 1.54) is 44.5 Å². The molecule has 0 spiro atoms. The molecule has 0 aliphatic heterocycles. The van der Waals surface area contributed by atoms with Crippen molar-refractivity contribution in [1.82, 2.24) is 4.83 Å². The molecular weight excluding hydrogens is 404 g/mol. The second-order valence-electron chi connectivity index (χ2n) is 5.72. The van der Waals surface area contributed by atoms with Crippen molar-refractivity contribution < 1.29 is 27.6 Å². The van der Waals surface area contributed by atoms with Crippen LogP contribution in [-0.4, -0.2) is 39.2 Å². The third kappa shape index (κ3) is 5.65. The van der Waals surface area contributed by atoms with Crippen LogP contribution in [-0.2, 0) is 14.8 Å². The molecule has 2 aromatic carbocycles. The van der Waals surface area contributed by atoms with Crippen LogP contribution in [0.2, 0.25) is 0 Å². The van der Waals surface area contributed by atoms with Crippen molar-refractivity contribution >= 4 is 27.8 Å². The van der Waals surface area contributed by atoms with Gasteiger partial charge in [0, 0.05) is 11.6 Å². The summed E-state index contributed by atoms with van der Waals surface area (Å²) in [6.07, 6.45) is 1.21. The highest BCUT2D eigenvalue weighted by molar-refractivity contribution is 7.89. The Morgan fingerprint density at radius 3 is 2.62 bits per heavy atom. The summed E-state index contributed by atoms with van der Waals surface area (Å²) < 4.78 is 34.9. The van der Waals surface area contributed by atoms with E-state index in [0.717, 1.165) is 6.07 Å². The maximum atomic E-state index is 12.3. The number of carbonyl (C=O) groups is 1. The molecule has 2 rings (SSSR count). The molecule has 2 aromatic rings. The van der Waals surface area contributed by atoms with Crippen LogP contribution >= 0.6 is 0 Å². The summed E-state index contributed by atoms with van der Waals surface area (Å²) in [7, 11) is -2.72. The Bertz CT molecular complexity index is 1070. The average Bonchev–Trinajstić information content (AvgIpc) is 2.66. The van der Waals surface area contributed by atoms with E-state index < -0.39 is 20.9 Å². The number of amides is 1. The largest absolute Gasteiger partial charge is 0.493 e. The van der Waals surface area contributed by atoms with Gasteiger partial charge in [0.2, 0.25) is 0 Å². The van der Waals surface area contributed by atoms with Gasteiger partial charge in [0.1, 0.15) is 0 Å². The van der Waals surface area contributed by atoms with E-state index in [0.29, 0.717) is 11.1 Å². The number of nitro groups is 1. The third-order valence-electron chi connectivity index (χ3n) is 3.63. The fourth-order valence-electron chi connectivity index (χ4n) is 2.21. The number of nitrogens with two attached hydrogens (primary N) is 1. The van der Waals surface area contributed by atoms with Crippen LogP contribution in [0.25, 0.3) is 0 Å². The zero-order chi connectivity index (χ0) is 21.6. The summed E-state index contributed by atoms with van der Waals surface area (Å²) in [5.74, 6) is -0.0911. The molecule has 154 valence electrons. The highest BCUT2D eigenvalue weighted by Gasteiger charge is 2.19. The summed E-state index contributed by atoms with van der Waals surface area (Å²) in [6, 6.07) is 8.10. The van der Waals surface area contributed by atoms with Crippen molar-refractivity contribution in [1.29, 1.82) is 0 Å². The molecule has 0 heterocycles. The van der Waals surface area contributed by atoms with E-state index in [-0.39, 0.29) is 28.7 Å². The minimum absolute atomic E-state index is 0.274. The van der Waals surface area contributed by atoms with Crippen molar-refractivity contribution in [3.8, 4) is 11.5 Å². The van der Waals surface area contributed by atoms with Gasteiger partial charge in [0.25, 0.3) is 21.6 Å². The van der Waals surface area contributed by atoms with Gasteiger partial charge >= 0.3 is 0 Å². The third-order valence-corrected chi connectivity index (χ3v) is 4.85. The van der Waals surface area contributed by atoms with Gasteiger partial charge in [-0.1, -0.05) is 6.07 Å². The van der Waals surface area contributed by atoms with Crippen LogP contribution in [0.1, 0.15) is 11.1 Å². The molecule has 0 unspecified atom stereocenters. The summed E-state index contributed by atoms with van der Waals surface area (Å²) in [6.45, 7) is 1.18. The van der Waals surface area contributed by atoms with E-state index in [9.17, 15) is 23.3 Å². The standard InChI is InChI=1S/C17H18N4O7S/c1-11-3-5-13(8-14(11)21(23)24)29(25,26)20-19-9-12-4-6-15(16(7-12)27-2)28-10-17(18)22/h3-9,20H,10H2,1-2H3,(H2,18,22). The molecule has 1 amide bonds. The van der Waals surface area contributed by atoms with E-state index in [1.807, 2.05) is 4.83 Å². The van der Waals surface area contributed by atoms with Crippen molar-refractivity contribution in [2.75, 3.05) is 13.7 Å². The summed E-state index contributed by atoms with van der Waals surface area (Å²) in [5.41, 5.74) is 5.51. The smallest absolute Gasteiger partial charge is 0.276 e. The molecule has 0 saturated carbocycles. The highest BCUT2D eigenvalue weighted by atomic mass is 32.2. The summed E-state index contributed by atoms with van der Waals surface area (Å²) in [4.78, 5) is 22.8. The Labute approximate surface area is 166 Å². The molecule has 3 N–H and O–H groups in total. The average molecular weight is 422 g/mol. The number of aryl methyl sites for hydroxylation is 1. The molecule has 0 aromatic heterocycles. The lowest BCUT2D eigenvalue weighted by molar-refractivity contribution is -0.385. The number of benzene rings is 2. The first kappa shape index (κ1) is 21.6. The number of hydrogen-bond acceptors (Lipinski definition) is 8. The monoisotopic (exact) mass is 422 g/mol. The van der Waals surface area contributed by atoms with Crippen LogP contribution in [0.3, 0.4) is 0 Å². The number of primary amides is 1. The van der Waals surface area contributed by atoms with Gasteiger partial charge in [-0.25, -0.2) is 4.83 Å². The number of nitro benzene ring substituents is 1. The summed E-state index contributed by atoms with van der Waals surface area (Å²) >= 11 is 0. The Kier molecular flexibility index (Phi) is 6.72. The van der Waals surface area contributed by atoms with Crippen LogP contribution in [0.5, 0.6) is 11.5 Å². The molecule has 0 aliphatic carbocycles. The van der Waals surface area contributed by atoms with E-state index in [4.69, 9.17) is 15.2 Å². The Hall–Kier alpha value is -3.67. The molecule has 11 nitrogen and oxygen atoms in total. The van der Waals surface area contributed by atoms with Gasteiger partial charge in [-0.05, 0) is 36.8 Å². The molecule has 0 fully saturated rings. The first-order valence-electron chi connectivity index (χ1n) is 8.03. The van der Waals surface area contributed by atoms with Gasteiger partial charge < -0.3 is 15.2 Å². The molecule has 0 aliphatic rings. The molecule has 12 heteroatoms. The predicted molar refractivity (Wildman–Crippen MR) is 103 cm³/mol. The first-order chi connectivity index (χ1) is 13.6. The maximum absolute atomic E-state index is 12.3. The number of nitrogens with zero attached hydrogens (tertiary/aromatic N) is 2. The Morgan fingerprint density at radius 2 is 2.00 bits per heavy atom. The number of hydrazone groups is 1.